The van der Waals surface area contributed by atoms with Crippen molar-refractivity contribution < 1.29 is 0 Å². The molecule has 1 nitrogen and oxygen atoms in total. The molecule has 1 saturated carbocycles. The summed E-state index contributed by atoms with van der Waals surface area (Å²) >= 11 is 1.96. The minimum absolute atomic E-state index is 0.752. The van der Waals surface area contributed by atoms with Gasteiger partial charge in [-0.25, -0.2) is 0 Å². The molecule has 0 spiro atoms. The monoisotopic (exact) mass is 229 g/mol. The second-order valence-corrected chi connectivity index (χ2v) is 6.14. The fourth-order valence-corrected chi connectivity index (χ4v) is 2.84. The minimum atomic E-state index is 0.752. The van der Waals surface area contributed by atoms with Gasteiger partial charge in [0.2, 0.25) is 0 Å². The minimum Gasteiger partial charge on any atom is -0.313 e. The summed E-state index contributed by atoms with van der Waals surface area (Å²) in [6, 6.07) is 0.778. The summed E-state index contributed by atoms with van der Waals surface area (Å²) in [6.07, 6.45) is 10.8. The molecule has 0 aromatic carbocycles. The fraction of sp³-hybridized carbons (Fsp3) is 1.00. The molecule has 0 aromatic rings. The van der Waals surface area contributed by atoms with E-state index in [0.717, 1.165) is 17.2 Å². The number of nitrogens with one attached hydrogen (secondary N) is 1. The molecule has 15 heavy (non-hydrogen) atoms. The molecule has 0 aliphatic heterocycles. The van der Waals surface area contributed by atoms with Crippen LogP contribution in [-0.4, -0.2) is 24.1 Å². The Bertz CT molecular complexity index is 155. The normalized spacial score (nSPS) is 22.6. The Morgan fingerprint density at radius 2 is 1.93 bits per heavy atom. The van der Waals surface area contributed by atoms with Gasteiger partial charge in [-0.3, -0.25) is 0 Å². The Morgan fingerprint density at radius 1 is 1.27 bits per heavy atom. The van der Waals surface area contributed by atoms with Crippen molar-refractivity contribution in [3.8, 4) is 0 Å². The molecule has 90 valence electrons. The molecular formula is C13H27NS. The van der Waals surface area contributed by atoms with Gasteiger partial charge >= 0.3 is 0 Å². The van der Waals surface area contributed by atoms with E-state index in [1.165, 1.54) is 45.1 Å². The molecule has 1 rings (SSSR count). The van der Waals surface area contributed by atoms with Crippen molar-refractivity contribution in [1.82, 2.24) is 5.32 Å². The maximum atomic E-state index is 3.77. The van der Waals surface area contributed by atoms with E-state index in [-0.39, 0.29) is 0 Å². The highest BCUT2D eigenvalue weighted by Crippen LogP contribution is 2.27. The molecule has 1 aliphatic carbocycles. The lowest BCUT2D eigenvalue weighted by atomic mass is 9.83. The summed E-state index contributed by atoms with van der Waals surface area (Å²) in [5.74, 6) is 0.956. The van der Waals surface area contributed by atoms with Gasteiger partial charge in [0.1, 0.15) is 0 Å². The van der Waals surface area contributed by atoms with Crippen LogP contribution in [0.2, 0.25) is 0 Å². The summed E-state index contributed by atoms with van der Waals surface area (Å²) in [5.41, 5.74) is 0. The SMILES string of the molecule is CCC(NCC(C)SC)C1CCCCC1. The van der Waals surface area contributed by atoms with Crippen LogP contribution >= 0.6 is 11.8 Å². The second kappa shape index (κ2) is 7.56. The van der Waals surface area contributed by atoms with Gasteiger partial charge in [0.05, 0.1) is 0 Å². The molecule has 1 aliphatic rings. The zero-order chi connectivity index (χ0) is 11.1. The van der Waals surface area contributed by atoms with E-state index in [9.17, 15) is 0 Å². The molecule has 2 unspecified atom stereocenters. The number of hydrogen-bond acceptors (Lipinski definition) is 2. The predicted octanol–water partition coefficient (Wildman–Crippen LogP) is 3.69. The fourth-order valence-electron chi connectivity index (χ4n) is 2.58. The third-order valence-electron chi connectivity index (χ3n) is 3.73. The van der Waals surface area contributed by atoms with Crippen LogP contribution in [0.15, 0.2) is 0 Å². The van der Waals surface area contributed by atoms with Gasteiger partial charge < -0.3 is 5.32 Å². The van der Waals surface area contributed by atoms with E-state index in [2.05, 4.69) is 25.4 Å². The summed E-state index contributed by atoms with van der Waals surface area (Å²) < 4.78 is 0. The van der Waals surface area contributed by atoms with Crippen molar-refractivity contribution in [2.45, 2.75) is 63.7 Å². The van der Waals surface area contributed by atoms with Crippen LogP contribution in [0.5, 0.6) is 0 Å². The van der Waals surface area contributed by atoms with E-state index >= 15 is 0 Å². The first-order valence-corrected chi connectivity index (χ1v) is 7.82. The molecule has 0 amide bonds. The second-order valence-electron chi connectivity index (χ2n) is 4.87. The molecule has 0 bridgehead atoms. The van der Waals surface area contributed by atoms with Gasteiger partial charge in [-0.05, 0) is 31.4 Å². The van der Waals surface area contributed by atoms with Crippen molar-refractivity contribution in [1.29, 1.82) is 0 Å². The van der Waals surface area contributed by atoms with Crippen LogP contribution in [-0.2, 0) is 0 Å². The maximum Gasteiger partial charge on any atom is 0.0141 e. The Hall–Kier alpha value is 0.310. The topological polar surface area (TPSA) is 12.0 Å². The van der Waals surface area contributed by atoms with Crippen molar-refractivity contribution >= 4 is 11.8 Å². The molecule has 0 aromatic heterocycles. The zero-order valence-corrected chi connectivity index (χ0v) is 11.4. The van der Waals surface area contributed by atoms with Crippen molar-refractivity contribution in [3.63, 3.8) is 0 Å². The van der Waals surface area contributed by atoms with Gasteiger partial charge in [0, 0.05) is 17.8 Å². The molecule has 1 N–H and O–H groups in total. The first-order valence-electron chi connectivity index (χ1n) is 6.54. The van der Waals surface area contributed by atoms with E-state index in [0.29, 0.717) is 0 Å². The smallest absolute Gasteiger partial charge is 0.0141 e. The highest BCUT2D eigenvalue weighted by atomic mass is 32.2. The number of hydrogen-bond donors (Lipinski definition) is 1. The van der Waals surface area contributed by atoms with E-state index in [4.69, 9.17) is 0 Å². The van der Waals surface area contributed by atoms with Gasteiger partial charge in [-0.15, -0.1) is 0 Å². The highest BCUT2D eigenvalue weighted by Gasteiger charge is 2.21. The standard InChI is InChI=1S/C13H27NS/c1-4-13(14-10-11(2)15-3)12-8-6-5-7-9-12/h11-14H,4-10H2,1-3H3. The van der Waals surface area contributed by atoms with Crippen LogP contribution in [0, 0.1) is 5.92 Å². The van der Waals surface area contributed by atoms with E-state index in [1.54, 1.807) is 0 Å². The Morgan fingerprint density at radius 3 is 2.47 bits per heavy atom. The molecule has 2 atom stereocenters. The third-order valence-corrected chi connectivity index (χ3v) is 4.70. The summed E-state index contributed by atoms with van der Waals surface area (Å²) in [6.45, 7) is 5.82. The van der Waals surface area contributed by atoms with Crippen LogP contribution in [0.4, 0.5) is 0 Å². The van der Waals surface area contributed by atoms with E-state index < -0.39 is 0 Å². The van der Waals surface area contributed by atoms with Crippen LogP contribution < -0.4 is 5.32 Å². The maximum absolute atomic E-state index is 3.77. The summed E-state index contributed by atoms with van der Waals surface area (Å²) in [4.78, 5) is 0. The largest absolute Gasteiger partial charge is 0.313 e. The lowest BCUT2D eigenvalue weighted by Gasteiger charge is -2.31. The molecule has 0 saturated heterocycles. The summed E-state index contributed by atoms with van der Waals surface area (Å²) in [7, 11) is 0. The average Bonchev–Trinajstić information content (AvgIpc) is 2.31. The van der Waals surface area contributed by atoms with E-state index in [1.807, 2.05) is 11.8 Å². The first kappa shape index (κ1) is 13.4. The molecule has 0 radical (unpaired) electrons. The highest BCUT2D eigenvalue weighted by molar-refractivity contribution is 7.99. The van der Waals surface area contributed by atoms with Crippen LogP contribution in [0.25, 0.3) is 0 Å². The van der Waals surface area contributed by atoms with Crippen LogP contribution in [0.3, 0.4) is 0 Å². The zero-order valence-electron chi connectivity index (χ0n) is 10.6. The summed E-state index contributed by atoms with van der Waals surface area (Å²) in [5, 5.41) is 4.52. The number of rotatable bonds is 6. The van der Waals surface area contributed by atoms with Gasteiger partial charge in [-0.2, -0.15) is 11.8 Å². The molecule has 1 fully saturated rings. The average molecular weight is 229 g/mol. The predicted molar refractivity (Wildman–Crippen MR) is 71.6 cm³/mol. The lowest BCUT2D eigenvalue weighted by molar-refractivity contribution is 0.264. The Labute approximate surface area is 99.8 Å². The third kappa shape index (κ3) is 4.78. The quantitative estimate of drug-likeness (QED) is 0.745. The first-order chi connectivity index (χ1) is 7.27. The van der Waals surface area contributed by atoms with Gasteiger partial charge in [-0.1, -0.05) is 33.1 Å². The van der Waals surface area contributed by atoms with Crippen molar-refractivity contribution in [2.24, 2.45) is 5.92 Å². The van der Waals surface area contributed by atoms with Crippen LogP contribution in [0.1, 0.15) is 52.4 Å². The molecule has 2 heteroatoms. The van der Waals surface area contributed by atoms with Crippen molar-refractivity contribution in [2.75, 3.05) is 12.8 Å². The lowest BCUT2D eigenvalue weighted by Crippen LogP contribution is -2.39. The van der Waals surface area contributed by atoms with Gasteiger partial charge in [0.25, 0.3) is 0 Å². The number of thioether (sulfide) groups is 1. The Kier molecular flexibility index (Phi) is 6.74. The molecule has 0 heterocycles. The van der Waals surface area contributed by atoms with Gasteiger partial charge in [0.15, 0.2) is 0 Å². The van der Waals surface area contributed by atoms with Crippen molar-refractivity contribution in [3.05, 3.63) is 0 Å². The molecular weight excluding hydrogens is 202 g/mol. The Balaban J connectivity index is 2.27.